The Morgan fingerprint density at radius 3 is 1.23 bits per heavy atom. The SMILES string of the molecule is CCCCCCCC(=O)OCC(COC(=O)CCCCCCC)CC(=O)O[C@H]1COC(COC(=O)C2CCN(C)C2)[C@@H]1OC(=O)CC(COC(=O)CCCCCCC)COC(=O)CCCCCCC. The van der Waals surface area contributed by atoms with Crippen LogP contribution in [0.4, 0.5) is 0 Å². The monoisotopic (exact) mass is 982 g/mol. The molecule has 0 N–H and O–H groups in total. The van der Waals surface area contributed by atoms with E-state index in [0.717, 1.165) is 109 Å². The first-order chi connectivity index (χ1) is 33.4. The van der Waals surface area contributed by atoms with Crippen LogP contribution in [-0.4, -0.2) is 125 Å². The Bertz CT molecular complexity index is 1400. The summed E-state index contributed by atoms with van der Waals surface area (Å²) in [6, 6.07) is 0. The van der Waals surface area contributed by atoms with Crippen LogP contribution < -0.4 is 0 Å². The van der Waals surface area contributed by atoms with Gasteiger partial charge in [0.2, 0.25) is 0 Å². The van der Waals surface area contributed by atoms with Crippen molar-refractivity contribution >= 4 is 41.8 Å². The maximum absolute atomic E-state index is 13.8. The molecule has 0 aromatic carbocycles. The second-order valence-electron chi connectivity index (χ2n) is 19.3. The number of esters is 7. The Balaban J connectivity index is 2.20. The van der Waals surface area contributed by atoms with Gasteiger partial charge in [0.15, 0.2) is 12.2 Å². The first-order valence-corrected chi connectivity index (χ1v) is 26.9. The molecule has 0 radical (unpaired) electrons. The number of nitrogens with zero attached hydrogens (tertiary/aromatic N) is 1. The van der Waals surface area contributed by atoms with Gasteiger partial charge in [-0.25, -0.2) is 0 Å². The van der Waals surface area contributed by atoms with Gasteiger partial charge in [-0.1, -0.05) is 130 Å². The van der Waals surface area contributed by atoms with Gasteiger partial charge in [0, 0.05) is 44.1 Å². The van der Waals surface area contributed by atoms with Crippen molar-refractivity contribution in [3.8, 4) is 0 Å². The third kappa shape index (κ3) is 29.9. The fourth-order valence-corrected chi connectivity index (χ4v) is 8.30. The quantitative estimate of drug-likeness (QED) is 0.0319. The van der Waals surface area contributed by atoms with E-state index in [4.69, 9.17) is 37.9 Å². The van der Waals surface area contributed by atoms with E-state index < -0.39 is 71.9 Å². The van der Waals surface area contributed by atoms with Gasteiger partial charge in [-0.2, -0.15) is 0 Å². The normalized spacial score (nSPS) is 18.0. The standard InChI is InChI=1S/C53H91NO15/c1-6-10-14-18-22-26-46(55)63-35-41(36-64-47(56)27-23-19-15-11-7-2)32-50(59)68-45-40-62-44(39-67-53(61)43-30-31-54(5)34-43)52(45)69-51(60)33-42(37-65-48(57)28-24-20-16-12-8-3)38-66-49(58)29-25-21-17-13-9-4/h41-45,52H,6-40H2,1-5H3/t43?,44?,45-,52-/m0/s1. The van der Waals surface area contributed by atoms with Crippen molar-refractivity contribution in [2.75, 3.05) is 59.8 Å². The van der Waals surface area contributed by atoms with Crippen LogP contribution in [0.25, 0.3) is 0 Å². The molecule has 2 saturated heterocycles. The van der Waals surface area contributed by atoms with Crippen LogP contribution in [-0.2, 0) is 71.5 Å². The van der Waals surface area contributed by atoms with Gasteiger partial charge in [0.05, 0.1) is 51.8 Å². The van der Waals surface area contributed by atoms with E-state index in [1.54, 1.807) is 0 Å². The van der Waals surface area contributed by atoms with E-state index in [-0.39, 0.29) is 84.1 Å². The van der Waals surface area contributed by atoms with Gasteiger partial charge in [0.1, 0.15) is 12.7 Å². The third-order valence-corrected chi connectivity index (χ3v) is 12.6. The zero-order valence-corrected chi connectivity index (χ0v) is 43.3. The zero-order chi connectivity index (χ0) is 50.5. The topological polar surface area (TPSA) is 197 Å². The molecule has 4 atom stereocenters. The van der Waals surface area contributed by atoms with Gasteiger partial charge in [-0.05, 0) is 45.7 Å². The predicted molar refractivity (Wildman–Crippen MR) is 260 cm³/mol. The van der Waals surface area contributed by atoms with Gasteiger partial charge >= 0.3 is 41.8 Å². The maximum Gasteiger partial charge on any atom is 0.310 e. The van der Waals surface area contributed by atoms with E-state index in [9.17, 15) is 33.6 Å². The summed E-state index contributed by atoms with van der Waals surface area (Å²) in [4.78, 5) is 93.4. The van der Waals surface area contributed by atoms with Gasteiger partial charge < -0.3 is 42.8 Å². The fourth-order valence-electron chi connectivity index (χ4n) is 8.30. The smallest absolute Gasteiger partial charge is 0.310 e. The summed E-state index contributed by atoms with van der Waals surface area (Å²) in [5, 5.41) is 0. The number of hydrogen-bond acceptors (Lipinski definition) is 16. The van der Waals surface area contributed by atoms with Gasteiger partial charge in [-0.15, -0.1) is 0 Å². The molecule has 0 aliphatic carbocycles. The zero-order valence-electron chi connectivity index (χ0n) is 43.3. The van der Waals surface area contributed by atoms with Crippen molar-refractivity contribution in [3.63, 3.8) is 0 Å². The number of unbranched alkanes of at least 4 members (excludes halogenated alkanes) is 16. The van der Waals surface area contributed by atoms with Crippen LogP contribution in [0.1, 0.15) is 201 Å². The molecule has 2 aliphatic rings. The summed E-state index contributed by atoms with van der Waals surface area (Å²) in [7, 11) is 1.92. The van der Waals surface area contributed by atoms with Crippen LogP contribution >= 0.6 is 0 Å². The molecule has 2 heterocycles. The lowest BCUT2D eigenvalue weighted by atomic mass is 10.1. The molecular formula is C53H91NO15. The highest BCUT2D eigenvalue weighted by Crippen LogP contribution is 2.26. The highest BCUT2D eigenvalue weighted by atomic mass is 16.6. The second-order valence-corrected chi connectivity index (χ2v) is 19.3. The van der Waals surface area contributed by atoms with Gasteiger partial charge in [-0.3, -0.25) is 33.6 Å². The first kappa shape index (κ1) is 61.3. The minimum atomic E-state index is -1.20. The van der Waals surface area contributed by atoms with Crippen LogP contribution in [0.3, 0.4) is 0 Å². The summed E-state index contributed by atoms with van der Waals surface area (Å²) < 4.78 is 45.8. The minimum absolute atomic E-state index is 0.171. The molecule has 0 bridgehead atoms. The van der Waals surface area contributed by atoms with E-state index in [1.807, 2.05) is 11.9 Å². The van der Waals surface area contributed by atoms with Crippen LogP contribution in [0.15, 0.2) is 0 Å². The number of carbonyl (C=O) groups is 7. The summed E-state index contributed by atoms with van der Waals surface area (Å²) >= 11 is 0. The number of carbonyl (C=O) groups excluding carboxylic acids is 7. The third-order valence-electron chi connectivity index (χ3n) is 12.6. The Labute approximate surface area is 414 Å². The summed E-state index contributed by atoms with van der Waals surface area (Å²) in [5.41, 5.74) is 0. The lowest BCUT2D eigenvalue weighted by Crippen LogP contribution is -2.41. The van der Waals surface area contributed by atoms with Crippen molar-refractivity contribution in [2.45, 2.75) is 219 Å². The van der Waals surface area contributed by atoms with E-state index in [1.165, 1.54) is 0 Å². The Hall–Kier alpha value is -3.79. The molecule has 0 aromatic heterocycles. The second kappa shape index (κ2) is 38.9. The molecule has 69 heavy (non-hydrogen) atoms. The molecule has 398 valence electrons. The van der Waals surface area contributed by atoms with Crippen LogP contribution in [0, 0.1) is 17.8 Å². The predicted octanol–water partition coefficient (Wildman–Crippen LogP) is 9.33. The number of likely N-dealkylation sites (tertiary alicyclic amines) is 1. The van der Waals surface area contributed by atoms with Crippen LogP contribution in [0.5, 0.6) is 0 Å². The van der Waals surface area contributed by atoms with Crippen molar-refractivity contribution in [1.82, 2.24) is 4.90 Å². The first-order valence-electron chi connectivity index (χ1n) is 26.9. The average molecular weight is 982 g/mol. The van der Waals surface area contributed by atoms with E-state index in [2.05, 4.69) is 27.7 Å². The Kier molecular flexibility index (Phi) is 34.6. The highest BCUT2D eigenvalue weighted by molar-refractivity contribution is 5.74. The molecule has 16 heteroatoms. The molecule has 2 unspecified atom stereocenters. The lowest BCUT2D eigenvalue weighted by molar-refractivity contribution is -0.171. The van der Waals surface area contributed by atoms with E-state index in [0.29, 0.717) is 38.6 Å². The summed E-state index contributed by atoms with van der Waals surface area (Å²) in [6.45, 7) is 8.60. The number of hydrogen-bond donors (Lipinski definition) is 0. The Morgan fingerprint density at radius 1 is 0.493 bits per heavy atom. The lowest BCUT2D eigenvalue weighted by Gasteiger charge is -2.25. The fraction of sp³-hybridized carbons (Fsp3) is 0.868. The van der Waals surface area contributed by atoms with Crippen molar-refractivity contribution in [1.29, 1.82) is 0 Å². The largest absolute Gasteiger partial charge is 0.465 e. The molecule has 0 aromatic rings. The van der Waals surface area contributed by atoms with Crippen molar-refractivity contribution in [2.24, 2.45) is 17.8 Å². The molecule has 16 nitrogen and oxygen atoms in total. The summed E-state index contributed by atoms with van der Waals surface area (Å²) in [6.07, 6.45) is 16.8. The molecule has 0 amide bonds. The highest BCUT2D eigenvalue weighted by Gasteiger charge is 2.44. The number of ether oxygens (including phenoxy) is 8. The molecule has 2 fully saturated rings. The van der Waals surface area contributed by atoms with E-state index >= 15 is 0 Å². The molecular weight excluding hydrogens is 891 g/mol. The Morgan fingerprint density at radius 2 is 0.870 bits per heavy atom. The molecule has 2 aliphatic heterocycles. The maximum atomic E-state index is 13.8. The molecule has 2 rings (SSSR count). The van der Waals surface area contributed by atoms with Crippen LogP contribution in [0.2, 0.25) is 0 Å². The summed E-state index contributed by atoms with van der Waals surface area (Å²) in [5.74, 6) is -5.30. The minimum Gasteiger partial charge on any atom is -0.465 e. The number of rotatable bonds is 41. The molecule has 0 spiro atoms. The van der Waals surface area contributed by atoms with Crippen molar-refractivity contribution < 1.29 is 71.5 Å². The molecule has 0 saturated carbocycles. The van der Waals surface area contributed by atoms with Gasteiger partial charge in [0.25, 0.3) is 0 Å². The average Bonchev–Trinajstić information content (AvgIpc) is 3.94. The van der Waals surface area contributed by atoms with Crippen molar-refractivity contribution in [3.05, 3.63) is 0 Å².